The second kappa shape index (κ2) is 8.13. The van der Waals surface area contributed by atoms with Crippen LogP contribution in [-0.2, 0) is 17.7 Å². The number of rotatable bonds is 6. The Labute approximate surface area is 141 Å². The second-order valence-corrected chi connectivity index (χ2v) is 7.36. The smallest absolute Gasteiger partial charge is 0.412 e. The van der Waals surface area contributed by atoms with Crippen LogP contribution in [0.2, 0.25) is 0 Å². The Balaban J connectivity index is 1.72. The van der Waals surface area contributed by atoms with Crippen molar-refractivity contribution in [2.24, 2.45) is 0 Å². The van der Waals surface area contributed by atoms with E-state index < -0.39 is 11.7 Å². The van der Waals surface area contributed by atoms with Crippen molar-refractivity contribution < 1.29 is 9.53 Å². The van der Waals surface area contributed by atoms with E-state index in [1.165, 1.54) is 10.4 Å². The van der Waals surface area contributed by atoms with Gasteiger partial charge in [-0.25, -0.2) is 4.79 Å². The van der Waals surface area contributed by atoms with Crippen molar-refractivity contribution in [3.8, 4) is 0 Å². The zero-order chi connectivity index (χ0) is 16.7. The maximum absolute atomic E-state index is 11.7. The molecule has 0 atom stereocenters. The lowest BCUT2D eigenvalue weighted by Gasteiger charge is -2.19. The summed E-state index contributed by atoms with van der Waals surface area (Å²) in [5.74, 6) is 0. The first-order valence-corrected chi connectivity index (χ1v) is 8.62. The highest BCUT2D eigenvalue weighted by Crippen LogP contribution is 2.13. The topological polar surface area (TPSA) is 50.4 Å². The summed E-state index contributed by atoms with van der Waals surface area (Å²) >= 11 is 1.77. The first kappa shape index (κ1) is 17.5. The zero-order valence-corrected chi connectivity index (χ0v) is 14.7. The minimum atomic E-state index is -0.488. The maximum Gasteiger partial charge on any atom is 0.412 e. The van der Waals surface area contributed by atoms with E-state index in [-0.39, 0.29) is 0 Å². The lowest BCUT2D eigenvalue weighted by molar-refractivity contribution is 0.0636. The van der Waals surface area contributed by atoms with E-state index in [0.717, 1.165) is 25.2 Å². The number of benzene rings is 1. The van der Waals surface area contributed by atoms with Gasteiger partial charge in [0.05, 0.1) is 0 Å². The van der Waals surface area contributed by atoms with Gasteiger partial charge in [0.1, 0.15) is 5.60 Å². The van der Waals surface area contributed by atoms with Gasteiger partial charge in [0.2, 0.25) is 0 Å². The van der Waals surface area contributed by atoms with E-state index in [0.29, 0.717) is 0 Å². The van der Waals surface area contributed by atoms with Crippen LogP contribution in [0.1, 0.15) is 31.2 Å². The number of hydrogen-bond acceptors (Lipinski definition) is 4. The first-order chi connectivity index (χ1) is 10.9. The van der Waals surface area contributed by atoms with E-state index in [1.807, 2.05) is 45.0 Å². The highest BCUT2D eigenvalue weighted by molar-refractivity contribution is 7.09. The van der Waals surface area contributed by atoms with Crippen LogP contribution < -0.4 is 10.6 Å². The first-order valence-electron chi connectivity index (χ1n) is 7.74. The molecule has 2 N–H and O–H groups in total. The van der Waals surface area contributed by atoms with E-state index >= 15 is 0 Å². The number of thiophene rings is 1. The number of hydrogen-bond donors (Lipinski definition) is 2. The SMILES string of the molecule is CC(C)(C)OC(=O)Nc1ccc(CCNCc2cccs2)cc1. The fourth-order valence-corrected chi connectivity index (χ4v) is 2.71. The van der Waals surface area contributed by atoms with Gasteiger partial charge in [-0.3, -0.25) is 5.32 Å². The van der Waals surface area contributed by atoms with Crippen LogP contribution in [0.3, 0.4) is 0 Å². The fraction of sp³-hybridized carbons (Fsp3) is 0.389. The van der Waals surface area contributed by atoms with E-state index in [4.69, 9.17) is 4.74 Å². The molecule has 4 nitrogen and oxygen atoms in total. The predicted molar refractivity (Wildman–Crippen MR) is 96.0 cm³/mol. The van der Waals surface area contributed by atoms with Crippen molar-refractivity contribution in [1.29, 1.82) is 0 Å². The largest absolute Gasteiger partial charge is 0.444 e. The molecule has 2 aromatic rings. The summed E-state index contributed by atoms with van der Waals surface area (Å²) in [7, 11) is 0. The van der Waals surface area contributed by atoms with Gasteiger partial charge in [-0.1, -0.05) is 18.2 Å². The molecule has 1 aromatic heterocycles. The lowest BCUT2D eigenvalue weighted by Crippen LogP contribution is -2.27. The summed E-state index contributed by atoms with van der Waals surface area (Å²) in [6, 6.07) is 12.1. The molecular weight excluding hydrogens is 308 g/mol. The Bertz CT molecular complexity index is 601. The molecule has 0 fully saturated rings. The quantitative estimate of drug-likeness (QED) is 0.770. The predicted octanol–water partition coefficient (Wildman–Crippen LogP) is 4.43. The summed E-state index contributed by atoms with van der Waals surface area (Å²) in [6.45, 7) is 7.38. The normalized spacial score (nSPS) is 11.3. The van der Waals surface area contributed by atoms with Gasteiger partial charge < -0.3 is 10.1 Å². The van der Waals surface area contributed by atoms with Crippen LogP contribution in [0.25, 0.3) is 0 Å². The summed E-state index contributed by atoms with van der Waals surface area (Å²) in [5.41, 5.74) is 1.49. The van der Waals surface area contributed by atoms with Gasteiger partial charge in [0, 0.05) is 17.1 Å². The molecule has 0 radical (unpaired) electrons. The van der Waals surface area contributed by atoms with Gasteiger partial charge in [-0.05, 0) is 62.9 Å². The zero-order valence-electron chi connectivity index (χ0n) is 13.9. The molecule has 0 aliphatic heterocycles. The van der Waals surface area contributed by atoms with Crippen LogP contribution in [-0.4, -0.2) is 18.2 Å². The van der Waals surface area contributed by atoms with Crippen LogP contribution in [0.4, 0.5) is 10.5 Å². The molecule has 1 aromatic carbocycles. The summed E-state index contributed by atoms with van der Waals surface area (Å²) in [4.78, 5) is 13.0. The van der Waals surface area contributed by atoms with Crippen LogP contribution in [0, 0.1) is 0 Å². The molecule has 124 valence electrons. The van der Waals surface area contributed by atoms with Crippen molar-refractivity contribution in [2.75, 3.05) is 11.9 Å². The molecule has 1 amide bonds. The number of carbonyl (C=O) groups excluding carboxylic acids is 1. The lowest BCUT2D eigenvalue weighted by atomic mass is 10.1. The highest BCUT2D eigenvalue weighted by atomic mass is 32.1. The molecule has 0 saturated carbocycles. The Morgan fingerprint density at radius 2 is 1.91 bits per heavy atom. The summed E-state index contributed by atoms with van der Waals surface area (Å²) in [5, 5.41) is 8.26. The molecule has 0 spiro atoms. The molecule has 1 heterocycles. The van der Waals surface area contributed by atoms with Gasteiger partial charge in [-0.2, -0.15) is 0 Å². The third-order valence-electron chi connectivity index (χ3n) is 3.07. The molecular formula is C18H24N2O2S. The molecule has 0 aliphatic carbocycles. The van der Waals surface area contributed by atoms with Crippen LogP contribution in [0.5, 0.6) is 0 Å². The Morgan fingerprint density at radius 1 is 1.17 bits per heavy atom. The molecule has 0 saturated heterocycles. The number of carbonyl (C=O) groups is 1. The second-order valence-electron chi connectivity index (χ2n) is 6.33. The molecule has 23 heavy (non-hydrogen) atoms. The third-order valence-corrected chi connectivity index (χ3v) is 3.95. The Morgan fingerprint density at radius 3 is 2.52 bits per heavy atom. The van der Waals surface area contributed by atoms with E-state index in [1.54, 1.807) is 11.3 Å². The summed E-state index contributed by atoms with van der Waals surface area (Å²) < 4.78 is 5.23. The Hall–Kier alpha value is -1.85. The molecule has 0 bridgehead atoms. The molecule has 2 rings (SSSR count). The molecule has 0 aliphatic rings. The Kier molecular flexibility index (Phi) is 6.19. The average Bonchev–Trinajstić information content (AvgIpc) is 2.96. The van der Waals surface area contributed by atoms with Crippen molar-refractivity contribution in [1.82, 2.24) is 5.32 Å². The van der Waals surface area contributed by atoms with Crippen molar-refractivity contribution in [3.05, 3.63) is 52.2 Å². The number of ether oxygens (including phenoxy) is 1. The van der Waals surface area contributed by atoms with Crippen LogP contribution in [0.15, 0.2) is 41.8 Å². The monoisotopic (exact) mass is 332 g/mol. The highest BCUT2D eigenvalue weighted by Gasteiger charge is 2.15. The van der Waals surface area contributed by atoms with Crippen molar-refractivity contribution in [2.45, 2.75) is 39.3 Å². The average molecular weight is 332 g/mol. The van der Waals surface area contributed by atoms with Gasteiger partial charge in [0.15, 0.2) is 0 Å². The van der Waals surface area contributed by atoms with Crippen LogP contribution >= 0.6 is 11.3 Å². The molecule has 0 unspecified atom stereocenters. The number of anilines is 1. The van der Waals surface area contributed by atoms with Gasteiger partial charge >= 0.3 is 6.09 Å². The van der Waals surface area contributed by atoms with Gasteiger partial charge in [-0.15, -0.1) is 11.3 Å². The maximum atomic E-state index is 11.7. The number of amides is 1. The fourth-order valence-electron chi connectivity index (χ4n) is 2.03. The van der Waals surface area contributed by atoms with E-state index in [2.05, 4.69) is 28.1 Å². The van der Waals surface area contributed by atoms with Gasteiger partial charge in [0.25, 0.3) is 0 Å². The number of nitrogens with one attached hydrogen (secondary N) is 2. The molecule has 5 heteroatoms. The standard InChI is InChI=1S/C18H24N2O2S/c1-18(2,3)22-17(21)20-15-8-6-14(7-9-15)10-11-19-13-16-5-4-12-23-16/h4-9,12,19H,10-11,13H2,1-3H3,(H,20,21). The van der Waals surface area contributed by atoms with E-state index in [9.17, 15) is 4.79 Å². The van der Waals surface area contributed by atoms with Crippen molar-refractivity contribution in [3.63, 3.8) is 0 Å². The minimum absolute atomic E-state index is 0.428. The third kappa shape index (κ3) is 6.84. The minimum Gasteiger partial charge on any atom is -0.444 e. The van der Waals surface area contributed by atoms with Crippen molar-refractivity contribution >= 4 is 23.1 Å². The summed E-state index contributed by atoms with van der Waals surface area (Å²) in [6.07, 6.45) is 0.529.